The number of benzene rings is 2. The van der Waals surface area contributed by atoms with Gasteiger partial charge in [-0.3, -0.25) is 14.2 Å². The first-order chi connectivity index (χ1) is 14.0. The van der Waals surface area contributed by atoms with E-state index in [0.29, 0.717) is 29.1 Å². The number of hydrogen-bond donors (Lipinski definition) is 0. The van der Waals surface area contributed by atoms with Gasteiger partial charge in [-0.15, -0.1) is 6.58 Å². The molecule has 1 amide bonds. The maximum Gasteiger partial charge on any atom is 0.262 e. The Balaban J connectivity index is 1.75. The molecule has 7 heteroatoms. The highest BCUT2D eigenvalue weighted by Gasteiger charge is 2.15. The minimum absolute atomic E-state index is 0.0506. The van der Waals surface area contributed by atoms with E-state index in [9.17, 15) is 9.59 Å². The number of fused-ring (bicyclic) bond motifs is 1. The number of rotatable bonds is 8. The van der Waals surface area contributed by atoms with Crippen LogP contribution < -0.4 is 10.3 Å². The Kier molecular flexibility index (Phi) is 6.72. The third-order valence-corrected chi connectivity index (χ3v) is 5.40. The maximum atomic E-state index is 12.8. The summed E-state index contributed by atoms with van der Waals surface area (Å²) >= 11 is 1.26. The molecule has 1 heterocycles. The van der Waals surface area contributed by atoms with Crippen molar-refractivity contribution in [2.45, 2.75) is 18.2 Å². The molecule has 3 aromatic rings. The van der Waals surface area contributed by atoms with E-state index in [1.165, 1.54) is 11.8 Å². The molecule has 0 aliphatic rings. The van der Waals surface area contributed by atoms with Crippen LogP contribution in [-0.4, -0.2) is 40.3 Å². The largest absolute Gasteiger partial charge is 0.497 e. The number of carbonyl (C=O) groups is 1. The first-order valence-corrected chi connectivity index (χ1v) is 10.1. The van der Waals surface area contributed by atoms with Gasteiger partial charge in [-0.1, -0.05) is 42.1 Å². The van der Waals surface area contributed by atoms with Crippen LogP contribution in [0.25, 0.3) is 10.9 Å². The van der Waals surface area contributed by atoms with Gasteiger partial charge in [-0.2, -0.15) is 0 Å². The third-order valence-electron chi connectivity index (χ3n) is 4.44. The molecule has 0 atom stereocenters. The number of ether oxygens (including phenoxy) is 1. The average Bonchev–Trinajstić information content (AvgIpc) is 2.74. The van der Waals surface area contributed by atoms with Gasteiger partial charge in [0.1, 0.15) is 5.75 Å². The van der Waals surface area contributed by atoms with Crippen molar-refractivity contribution in [2.24, 2.45) is 0 Å². The van der Waals surface area contributed by atoms with E-state index in [1.54, 1.807) is 41.8 Å². The number of thioether (sulfide) groups is 1. The number of amides is 1. The van der Waals surface area contributed by atoms with Crippen LogP contribution in [0.5, 0.6) is 5.75 Å². The molecule has 29 heavy (non-hydrogen) atoms. The van der Waals surface area contributed by atoms with Crippen LogP contribution in [0.2, 0.25) is 0 Å². The summed E-state index contributed by atoms with van der Waals surface area (Å²) in [5.74, 6) is 0.888. The lowest BCUT2D eigenvalue weighted by Gasteiger charge is -2.18. The molecular weight excluding hydrogens is 386 g/mol. The van der Waals surface area contributed by atoms with E-state index >= 15 is 0 Å². The lowest BCUT2D eigenvalue weighted by atomic mass is 10.2. The highest BCUT2D eigenvalue weighted by Crippen LogP contribution is 2.19. The molecule has 0 aliphatic carbocycles. The topological polar surface area (TPSA) is 64.4 Å². The van der Waals surface area contributed by atoms with E-state index in [1.807, 2.05) is 36.4 Å². The molecule has 0 spiro atoms. The van der Waals surface area contributed by atoms with Crippen molar-refractivity contribution < 1.29 is 9.53 Å². The Morgan fingerprint density at radius 3 is 2.83 bits per heavy atom. The van der Waals surface area contributed by atoms with E-state index in [0.717, 1.165) is 11.3 Å². The van der Waals surface area contributed by atoms with Gasteiger partial charge < -0.3 is 9.64 Å². The number of methoxy groups -OCH3 is 1. The monoisotopic (exact) mass is 409 g/mol. The summed E-state index contributed by atoms with van der Waals surface area (Å²) in [5.41, 5.74) is 1.48. The van der Waals surface area contributed by atoms with E-state index in [2.05, 4.69) is 11.6 Å². The molecule has 0 saturated carbocycles. The standard InChI is InChI=1S/C22H23N3O3S/c1-4-12-25-21(27)18-10-5-6-11-19(18)23-22(25)29-15-20(26)24(2)14-16-8-7-9-17(13-16)28-3/h4-11,13H,1,12,14-15H2,2-3H3. The molecule has 1 aromatic heterocycles. The molecule has 0 bridgehead atoms. The SMILES string of the molecule is C=CCn1c(SCC(=O)N(C)Cc2cccc(OC)c2)nc2ccccc2c1=O. The molecule has 150 valence electrons. The highest BCUT2D eigenvalue weighted by molar-refractivity contribution is 7.99. The first kappa shape index (κ1) is 20.7. The van der Waals surface area contributed by atoms with Crippen molar-refractivity contribution in [1.29, 1.82) is 0 Å². The number of aromatic nitrogens is 2. The molecule has 0 fully saturated rings. The summed E-state index contributed by atoms with van der Waals surface area (Å²) in [6.45, 7) is 4.53. The molecule has 3 rings (SSSR count). The summed E-state index contributed by atoms with van der Waals surface area (Å²) in [6.07, 6.45) is 1.65. The van der Waals surface area contributed by atoms with Gasteiger partial charge >= 0.3 is 0 Å². The van der Waals surface area contributed by atoms with Crippen molar-refractivity contribution in [3.63, 3.8) is 0 Å². The van der Waals surface area contributed by atoms with E-state index in [-0.39, 0.29) is 17.2 Å². The fourth-order valence-corrected chi connectivity index (χ4v) is 3.87. The first-order valence-electron chi connectivity index (χ1n) is 9.13. The number of allylic oxidation sites excluding steroid dienone is 1. The minimum Gasteiger partial charge on any atom is -0.497 e. The number of para-hydroxylation sites is 1. The summed E-state index contributed by atoms with van der Waals surface area (Å²) in [7, 11) is 3.37. The lowest BCUT2D eigenvalue weighted by molar-refractivity contribution is -0.127. The Morgan fingerprint density at radius 2 is 2.07 bits per heavy atom. The second kappa shape index (κ2) is 9.43. The van der Waals surface area contributed by atoms with Gasteiger partial charge in [0, 0.05) is 20.1 Å². The smallest absolute Gasteiger partial charge is 0.262 e. The molecule has 0 unspecified atom stereocenters. The Morgan fingerprint density at radius 1 is 1.28 bits per heavy atom. The molecule has 2 aromatic carbocycles. The fraction of sp³-hybridized carbons (Fsp3) is 0.227. The Bertz CT molecular complexity index is 1090. The number of hydrogen-bond acceptors (Lipinski definition) is 5. The minimum atomic E-state index is -0.129. The van der Waals surface area contributed by atoms with Crippen molar-refractivity contribution in [2.75, 3.05) is 19.9 Å². The Hall–Kier alpha value is -3.06. The zero-order chi connectivity index (χ0) is 20.8. The molecule has 0 N–H and O–H groups in total. The van der Waals surface area contributed by atoms with Gasteiger partial charge in [-0.05, 0) is 29.8 Å². The van der Waals surface area contributed by atoms with Crippen molar-refractivity contribution in [3.05, 3.63) is 77.1 Å². The molecule has 6 nitrogen and oxygen atoms in total. The van der Waals surface area contributed by atoms with Gasteiger partial charge in [-0.25, -0.2) is 4.98 Å². The van der Waals surface area contributed by atoms with Crippen LogP contribution in [0.1, 0.15) is 5.56 Å². The molecule has 0 radical (unpaired) electrons. The van der Waals surface area contributed by atoms with Crippen LogP contribution in [-0.2, 0) is 17.9 Å². The van der Waals surface area contributed by atoms with Crippen LogP contribution in [0.4, 0.5) is 0 Å². The van der Waals surface area contributed by atoms with Crippen LogP contribution in [0.3, 0.4) is 0 Å². The lowest BCUT2D eigenvalue weighted by Crippen LogP contribution is -2.28. The number of carbonyl (C=O) groups excluding carboxylic acids is 1. The van der Waals surface area contributed by atoms with Gasteiger partial charge in [0.25, 0.3) is 5.56 Å². The van der Waals surface area contributed by atoms with E-state index in [4.69, 9.17) is 4.74 Å². The second-order valence-corrected chi connectivity index (χ2v) is 7.45. The summed E-state index contributed by atoms with van der Waals surface area (Å²) in [4.78, 5) is 31.6. The van der Waals surface area contributed by atoms with Gasteiger partial charge in [0.2, 0.25) is 5.91 Å². The normalized spacial score (nSPS) is 10.7. The van der Waals surface area contributed by atoms with Crippen LogP contribution in [0, 0.1) is 0 Å². The van der Waals surface area contributed by atoms with E-state index < -0.39 is 0 Å². The fourth-order valence-electron chi connectivity index (χ4n) is 2.92. The van der Waals surface area contributed by atoms with Crippen LogP contribution in [0.15, 0.2) is 71.1 Å². The van der Waals surface area contributed by atoms with Crippen molar-refractivity contribution >= 4 is 28.6 Å². The number of nitrogens with zero attached hydrogens (tertiary/aromatic N) is 3. The predicted molar refractivity (Wildman–Crippen MR) is 116 cm³/mol. The Labute approximate surface area is 173 Å². The van der Waals surface area contributed by atoms with Crippen molar-refractivity contribution in [1.82, 2.24) is 14.5 Å². The highest BCUT2D eigenvalue weighted by atomic mass is 32.2. The van der Waals surface area contributed by atoms with Gasteiger partial charge in [0.05, 0.1) is 23.8 Å². The second-order valence-electron chi connectivity index (χ2n) is 6.51. The van der Waals surface area contributed by atoms with Gasteiger partial charge in [0.15, 0.2) is 5.16 Å². The zero-order valence-electron chi connectivity index (χ0n) is 16.5. The average molecular weight is 410 g/mol. The van der Waals surface area contributed by atoms with Crippen LogP contribution >= 0.6 is 11.8 Å². The summed E-state index contributed by atoms with van der Waals surface area (Å²) in [6, 6.07) is 14.8. The zero-order valence-corrected chi connectivity index (χ0v) is 17.3. The predicted octanol–water partition coefficient (Wildman–Crippen LogP) is 3.34. The quantitative estimate of drug-likeness (QED) is 0.324. The molecular formula is C22H23N3O3S. The molecule has 0 saturated heterocycles. The summed E-state index contributed by atoms with van der Waals surface area (Å²) in [5, 5.41) is 1.07. The van der Waals surface area contributed by atoms with Crippen molar-refractivity contribution in [3.8, 4) is 5.75 Å². The molecule has 0 aliphatic heterocycles. The third kappa shape index (κ3) is 4.86. The summed E-state index contributed by atoms with van der Waals surface area (Å²) < 4.78 is 6.78. The maximum absolute atomic E-state index is 12.8.